The van der Waals surface area contributed by atoms with Gasteiger partial charge in [0.2, 0.25) is 0 Å². The van der Waals surface area contributed by atoms with Crippen LogP contribution >= 0.6 is 0 Å². The predicted molar refractivity (Wildman–Crippen MR) is 96.4 cm³/mol. The van der Waals surface area contributed by atoms with Gasteiger partial charge >= 0.3 is 0 Å². The summed E-state index contributed by atoms with van der Waals surface area (Å²) in [4.78, 5) is 12.2. The van der Waals surface area contributed by atoms with Crippen LogP contribution in [0.5, 0.6) is 11.5 Å². The molecule has 6 nitrogen and oxygen atoms in total. The van der Waals surface area contributed by atoms with Gasteiger partial charge in [-0.25, -0.2) is 0 Å². The van der Waals surface area contributed by atoms with Crippen LogP contribution in [0.1, 0.15) is 11.7 Å². The number of ether oxygens (including phenoxy) is 4. The number of hydrogen-bond donors (Lipinski definition) is 1. The van der Waals surface area contributed by atoms with E-state index in [0.717, 1.165) is 5.56 Å². The first-order valence-electron chi connectivity index (χ1n) is 8.59. The summed E-state index contributed by atoms with van der Waals surface area (Å²) in [5, 5.41) is 2.80. The Hall–Kier alpha value is -2.57. The summed E-state index contributed by atoms with van der Waals surface area (Å²) in [6, 6.07) is 17.2. The van der Waals surface area contributed by atoms with Crippen molar-refractivity contribution in [3.05, 3.63) is 60.2 Å². The van der Waals surface area contributed by atoms with Gasteiger partial charge in [0.25, 0.3) is 5.91 Å². The fourth-order valence-electron chi connectivity index (χ4n) is 2.70. The highest BCUT2D eigenvalue weighted by Gasteiger charge is 2.28. The molecule has 1 fully saturated rings. The molecular weight excluding hydrogens is 334 g/mol. The van der Waals surface area contributed by atoms with Gasteiger partial charge in [-0.3, -0.25) is 4.79 Å². The summed E-state index contributed by atoms with van der Waals surface area (Å²) in [6.07, 6.45) is -0.727. The Kier molecular flexibility index (Phi) is 6.46. The molecule has 1 amide bonds. The van der Waals surface area contributed by atoms with E-state index >= 15 is 0 Å². The molecule has 0 aliphatic carbocycles. The highest BCUT2D eigenvalue weighted by Crippen LogP contribution is 2.25. The van der Waals surface area contributed by atoms with Crippen LogP contribution in [0, 0.1) is 0 Å². The summed E-state index contributed by atoms with van der Waals surface area (Å²) in [5.41, 5.74) is 1.05. The van der Waals surface area contributed by atoms with Gasteiger partial charge in [-0.15, -0.1) is 0 Å². The molecule has 138 valence electrons. The maximum Gasteiger partial charge on any atom is 0.251 e. The van der Waals surface area contributed by atoms with Gasteiger partial charge < -0.3 is 24.3 Å². The monoisotopic (exact) mass is 357 g/mol. The summed E-state index contributed by atoms with van der Waals surface area (Å²) >= 11 is 0. The Bertz CT molecular complexity index is 698. The van der Waals surface area contributed by atoms with E-state index < -0.39 is 6.10 Å². The van der Waals surface area contributed by atoms with E-state index in [1.54, 1.807) is 7.11 Å². The van der Waals surface area contributed by atoms with Gasteiger partial charge in [0.05, 0.1) is 26.9 Å². The lowest BCUT2D eigenvalue weighted by atomic mass is 10.1. The van der Waals surface area contributed by atoms with Crippen molar-refractivity contribution in [2.75, 3.05) is 33.5 Å². The van der Waals surface area contributed by atoms with E-state index in [2.05, 4.69) is 5.32 Å². The van der Waals surface area contributed by atoms with E-state index in [4.69, 9.17) is 18.9 Å². The fraction of sp³-hybridized carbons (Fsp3) is 0.350. The topological polar surface area (TPSA) is 66.0 Å². The average molecular weight is 357 g/mol. The first-order chi connectivity index (χ1) is 12.8. The van der Waals surface area contributed by atoms with Crippen LogP contribution in [-0.2, 0) is 14.3 Å². The second-order valence-corrected chi connectivity index (χ2v) is 5.84. The van der Waals surface area contributed by atoms with Crippen molar-refractivity contribution in [3.8, 4) is 11.5 Å². The molecular formula is C20H23NO5. The normalized spacial score (nSPS) is 19.6. The van der Waals surface area contributed by atoms with Gasteiger partial charge in [0, 0.05) is 0 Å². The van der Waals surface area contributed by atoms with Gasteiger partial charge in [-0.2, -0.15) is 0 Å². The van der Waals surface area contributed by atoms with Crippen molar-refractivity contribution in [2.24, 2.45) is 0 Å². The van der Waals surface area contributed by atoms with E-state index in [1.807, 2.05) is 54.6 Å². The molecule has 0 spiro atoms. The van der Waals surface area contributed by atoms with Crippen molar-refractivity contribution in [1.82, 2.24) is 5.32 Å². The Morgan fingerprint density at radius 3 is 2.46 bits per heavy atom. The molecule has 0 saturated carbocycles. The molecule has 2 aromatic carbocycles. The Labute approximate surface area is 153 Å². The van der Waals surface area contributed by atoms with Crippen LogP contribution in [0.3, 0.4) is 0 Å². The average Bonchev–Trinajstić information content (AvgIpc) is 2.72. The minimum Gasteiger partial charge on any atom is -0.493 e. The number of carbonyl (C=O) groups excluding carboxylic acids is 1. The summed E-state index contributed by atoms with van der Waals surface area (Å²) in [5.74, 6) is 1.11. The molecule has 3 rings (SSSR count). The van der Waals surface area contributed by atoms with Crippen molar-refractivity contribution in [3.63, 3.8) is 0 Å². The highest BCUT2D eigenvalue weighted by atomic mass is 16.6. The number of methoxy groups -OCH3 is 1. The van der Waals surface area contributed by atoms with Crippen molar-refractivity contribution in [1.29, 1.82) is 0 Å². The summed E-state index contributed by atoms with van der Waals surface area (Å²) in [6.45, 7) is 1.31. The third kappa shape index (κ3) is 4.74. The molecule has 1 aliphatic rings. The molecule has 1 N–H and O–H groups in total. The largest absolute Gasteiger partial charge is 0.493 e. The zero-order valence-corrected chi connectivity index (χ0v) is 14.7. The lowest BCUT2D eigenvalue weighted by Gasteiger charge is -2.29. The van der Waals surface area contributed by atoms with Crippen LogP contribution in [-0.4, -0.2) is 45.5 Å². The molecule has 0 bridgehead atoms. The number of hydrogen-bond acceptors (Lipinski definition) is 5. The van der Waals surface area contributed by atoms with Crippen LogP contribution in [0.25, 0.3) is 0 Å². The molecule has 1 heterocycles. The van der Waals surface area contributed by atoms with Crippen molar-refractivity contribution < 1.29 is 23.7 Å². The van der Waals surface area contributed by atoms with Crippen LogP contribution < -0.4 is 14.8 Å². The van der Waals surface area contributed by atoms with Crippen LogP contribution in [0.2, 0.25) is 0 Å². The third-order valence-corrected chi connectivity index (χ3v) is 4.09. The van der Waals surface area contributed by atoms with Crippen molar-refractivity contribution in [2.45, 2.75) is 12.2 Å². The minimum absolute atomic E-state index is 0.130. The summed E-state index contributed by atoms with van der Waals surface area (Å²) < 4.78 is 22.3. The zero-order valence-electron chi connectivity index (χ0n) is 14.7. The van der Waals surface area contributed by atoms with E-state index in [9.17, 15) is 4.79 Å². The lowest BCUT2D eigenvalue weighted by Crippen LogP contribution is -2.44. The maximum absolute atomic E-state index is 12.2. The van der Waals surface area contributed by atoms with Crippen molar-refractivity contribution >= 4 is 5.91 Å². The molecule has 1 saturated heterocycles. The van der Waals surface area contributed by atoms with Crippen LogP contribution in [0.15, 0.2) is 54.6 Å². The van der Waals surface area contributed by atoms with Gasteiger partial charge in [0.1, 0.15) is 12.7 Å². The lowest BCUT2D eigenvalue weighted by molar-refractivity contribution is -0.161. The SMILES string of the molecule is COc1ccccc1OCCNC(=O)[C@@H]1CO[C@@H](c2ccccc2)CO1. The Morgan fingerprint density at radius 2 is 1.77 bits per heavy atom. The maximum atomic E-state index is 12.2. The zero-order chi connectivity index (χ0) is 18.2. The van der Waals surface area contributed by atoms with Gasteiger partial charge in [-0.05, 0) is 17.7 Å². The number of benzene rings is 2. The smallest absolute Gasteiger partial charge is 0.251 e. The van der Waals surface area contributed by atoms with E-state index in [1.165, 1.54) is 0 Å². The number of rotatable bonds is 7. The van der Waals surface area contributed by atoms with Gasteiger partial charge in [0.15, 0.2) is 17.6 Å². The fourth-order valence-corrected chi connectivity index (χ4v) is 2.70. The molecule has 0 aromatic heterocycles. The third-order valence-electron chi connectivity index (χ3n) is 4.09. The second kappa shape index (κ2) is 9.22. The molecule has 2 atom stereocenters. The number of nitrogens with one attached hydrogen (secondary N) is 1. The molecule has 1 aliphatic heterocycles. The molecule has 26 heavy (non-hydrogen) atoms. The number of carbonyl (C=O) groups is 1. The molecule has 6 heteroatoms. The van der Waals surface area contributed by atoms with Gasteiger partial charge in [-0.1, -0.05) is 42.5 Å². The minimum atomic E-state index is -0.596. The molecule has 0 unspecified atom stereocenters. The standard InChI is InChI=1S/C20H23NO5/c1-23-16-9-5-6-10-17(16)24-12-11-21-20(22)19-14-25-18(13-26-19)15-7-3-2-4-8-15/h2-10,18-19H,11-14H2,1H3,(H,21,22)/t18-,19+/m1/s1. The Morgan fingerprint density at radius 1 is 1.04 bits per heavy atom. The first-order valence-corrected chi connectivity index (χ1v) is 8.59. The van der Waals surface area contributed by atoms with Crippen LogP contribution in [0.4, 0.5) is 0 Å². The summed E-state index contributed by atoms with van der Waals surface area (Å²) in [7, 11) is 1.59. The predicted octanol–water partition coefficient (Wildman–Crippen LogP) is 2.35. The quantitative estimate of drug-likeness (QED) is 0.771. The molecule has 2 aromatic rings. The number of amides is 1. The molecule has 0 radical (unpaired) electrons. The van der Waals surface area contributed by atoms with E-state index in [-0.39, 0.29) is 18.6 Å². The highest BCUT2D eigenvalue weighted by molar-refractivity contribution is 5.81. The Balaban J connectivity index is 1.38. The number of para-hydroxylation sites is 2. The second-order valence-electron chi connectivity index (χ2n) is 5.84. The van der Waals surface area contributed by atoms with E-state index in [0.29, 0.717) is 31.3 Å². The first kappa shape index (κ1) is 18.2.